The number of carbonyl (C=O) groups is 1. The highest BCUT2D eigenvalue weighted by Crippen LogP contribution is 2.33. The molecule has 144 valence electrons. The van der Waals surface area contributed by atoms with Gasteiger partial charge in [0.2, 0.25) is 0 Å². The Bertz CT molecular complexity index is 1100. The second-order valence-electron chi connectivity index (χ2n) is 5.75. The minimum Gasteiger partial charge on any atom is -0.507 e. The van der Waals surface area contributed by atoms with Crippen LogP contribution in [0.4, 0.5) is 5.69 Å². The zero-order chi connectivity index (χ0) is 20.3. The lowest BCUT2D eigenvalue weighted by Crippen LogP contribution is -2.37. The smallest absolute Gasteiger partial charge is 0.274 e. The summed E-state index contributed by atoms with van der Waals surface area (Å²) >= 11 is 3.20. The molecule has 0 aliphatic carbocycles. The number of benzene rings is 3. The van der Waals surface area contributed by atoms with E-state index in [2.05, 4.69) is 15.9 Å². The van der Waals surface area contributed by atoms with Crippen LogP contribution in [-0.2, 0) is 10.0 Å². The second kappa shape index (κ2) is 8.04. The average Bonchev–Trinajstić information content (AvgIpc) is 2.71. The average molecular weight is 462 g/mol. The van der Waals surface area contributed by atoms with E-state index in [0.29, 0.717) is 14.5 Å². The molecule has 0 atom stereocenters. The van der Waals surface area contributed by atoms with Crippen molar-refractivity contribution in [2.75, 3.05) is 11.4 Å². The molecule has 0 fully saturated rings. The summed E-state index contributed by atoms with van der Waals surface area (Å²) in [6.45, 7) is 0. The van der Waals surface area contributed by atoms with Crippen molar-refractivity contribution < 1.29 is 23.1 Å². The number of hydrogen-bond acceptors (Lipinski definition) is 5. The molecule has 3 aromatic rings. The summed E-state index contributed by atoms with van der Waals surface area (Å²) in [6, 6.07) is 18.1. The lowest BCUT2D eigenvalue weighted by molar-refractivity contribution is 0.101. The van der Waals surface area contributed by atoms with Crippen LogP contribution < -0.4 is 9.04 Å². The number of phenolic OH excluding ortho intramolecular Hbond substituents is 1. The molecule has 1 N–H and O–H groups in total. The zero-order valence-corrected chi connectivity index (χ0v) is 17.1. The predicted molar refractivity (Wildman–Crippen MR) is 109 cm³/mol. The number of aromatic hydroxyl groups is 1. The van der Waals surface area contributed by atoms with Crippen molar-refractivity contribution in [3.05, 3.63) is 82.8 Å². The first-order valence-electron chi connectivity index (χ1n) is 8.12. The van der Waals surface area contributed by atoms with Crippen molar-refractivity contribution in [3.63, 3.8) is 0 Å². The first-order chi connectivity index (χ1) is 13.3. The number of carbonyl (C=O) groups excluding carboxylic acids is 1. The van der Waals surface area contributed by atoms with Crippen LogP contribution in [0, 0.1) is 0 Å². The monoisotopic (exact) mass is 461 g/mol. The number of ether oxygens (including phenoxy) is 1. The van der Waals surface area contributed by atoms with Crippen molar-refractivity contribution in [1.29, 1.82) is 0 Å². The molecule has 0 unspecified atom stereocenters. The van der Waals surface area contributed by atoms with Gasteiger partial charge in [0.05, 0.1) is 12.8 Å². The molecule has 0 aliphatic heterocycles. The number of halogens is 1. The van der Waals surface area contributed by atoms with Gasteiger partial charge in [-0.15, -0.1) is 0 Å². The van der Waals surface area contributed by atoms with E-state index in [4.69, 9.17) is 4.74 Å². The maximum atomic E-state index is 13.4. The maximum Gasteiger partial charge on any atom is 0.274 e. The number of amides is 1. The molecule has 0 aliphatic rings. The van der Waals surface area contributed by atoms with Crippen LogP contribution in [-0.4, -0.2) is 26.5 Å². The largest absolute Gasteiger partial charge is 0.507 e. The summed E-state index contributed by atoms with van der Waals surface area (Å²) in [6.07, 6.45) is 0. The number of rotatable bonds is 5. The van der Waals surface area contributed by atoms with Gasteiger partial charge >= 0.3 is 0 Å². The minimum atomic E-state index is -4.41. The normalized spacial score (nSPS) is 11.1. The molecule has 0 radical (unpaired) electrons. The Morgan fingerprint density at radius 2 is 1.64 bits per heavy atom. The molecule has 3 rings (SSSR count). The lowest BCUT2D eigenvalue weighted by atomic mass is 10.2. The number of phenols is 1. The SMILES string of the molecule is COc1ccc(N(C(=O)c2ccccc2)S(=O)(=O)c2cc(Br)ccc2O)cc1. The Balaban J connectivity index is 2.20. The quantitative estimate of drug-likeness (QED) is 0.615. The highest BCUT2D eigenvalue weighted by Gasteiger charge is 2.34. The van der Waals surface area contributed by atoms with Gasteiger partial charge in [0.25, 0.3) is 15.9 Å². The van der Waals surface area contributed by atoms with Gasteiger partial charge in [0.1, 0.15) is 16.4 Å². The fourth-order valence-electron chi connectivity index (χ4n) is 2.57. The van der Waals surface area contributed by atoms with E-state index in [1.165, 1.54) is 49.6 Å². The Labute approximate surface area is 171 Å². The standard InChI is InChI=1S/C20H16BrNO5S/c1-27-17-10-8-16(9-11-17)22(20(24)14-5-3-2-4-6-14)28(25,26)19-13-15(21)7-12-18(19)23/h2-13,23H,1H3. The van der Waals surface area contributed by atoms with Gasteiger partial charge in [0.15, 0.2) is 0 Å². The van der Waals surface area contributed by atoms with Crippen molar-refractivity contribution in [2.24, 2.45) is 0 Å². The number of methoxy groups -OCH3 is 1. The number of anilines is 1. The molecule has 6 nitrogen and oxygen atoms in total. The first kappa shape index (κ1) is 19.9. The number of hydrogen-bond donors (Lipinski definition) is 1. The Morgan fingerprint density at radius 1 is 1.00 bits per heavy atom. The van der Waals surface area contributed by atoms with Gasteiger partial charge in [-0.2, -0.15) is 4.31 Å². The topological polar surface area (TPSA) is 83.9 Å². The summed E-state index contributed by atoms with van der Waals surface area (Å²) in [7, 11) is -2.93. The fraction of sp³-hybridized carbons (Fsp3) is 0.0500. The molecule has 0 spiro atoms. The Hall–Kier alpha value is -2.84. The summed E-state index contributed by atoms with van der Waals surface area (Å²) in [4.78, 5) is 12.8. The van der Waals surface area contributed by atoms with Crippen LogP contribution >= 0.6 is 15.9 Å². The highest BCUT2D eigenvalue weighted by atomic mass is 79.9. The maximum absolute atomic E-state index is 13.4. The van der Waals surface area contributed by atoms with E-state index in [-0.39, 0.29) is 16.1 Å². The van der Waals surface area contributed by atoms with Crippen molar-refractivity contribution in [2.45, 2.75) is 4.90 Å². The molecular weight excluding hydrogens is 446 g/mol. The Morgan fingerprint density at radius 3 is 2.25 bits per heavy atom. The molecule has 3 aromatic carbocycles. The zero-order valence-electron chi connectivity index (χ0n) is 14.7. The van der Waals surface area contributed by atoms with Gasteiger partial charge in [-0.05, 0) is 54.6 Å². The number of sulfonamides is 1. The molecule has 8 heteroatoms. The summed E-state index contributed by atoms with van der Waals surface area (Å²) < 4.78 is 33.0. The Kier molecular flexibility index (Phi) is 5.71. The van der Waals surface area contributed by atoms with E-state index in [9.17, 15) is 18.3 Å². The van der Waals surface area contributed by atoms with Crippen molar-refractivity contribution in [1.82, 2.24) is 0 Å². The van der Waals surface area contributed by atoms with Crippen molar-refractivity contribution >= 4 is 37.5 Å². The van der Waals surface area contributed by atoms with Crippen molar-refractivity contribution in [3.8, 4) is 11.5 Å². The van der Waals surface area contributed by atoms with Gasteiger partial charge in [-0.25, -0.2) is 8.42 Å². The molecule has 0 saturated heterocycles. The van der Waals surface area contributed by atoms with Crippen LogP contribution in [0.5, 0.6) is 11.5 Å². The van der Waals surface area contributed by atoms with E-state index >= 15 is 0 Å². The van der Waals surface area contributed by atoms with Gasteiger partial charge in [0, 0.05) is 10.0 Å². The molecule has 0 heterocycles. The van der Waals surface area contributed by atoms with Gasteiger partial charge in [-0.3, -0.25) is 4.79 Å². The van der Waals surface area contributed by atoms with Crippen LogP contribution in [0.2, 0.25) is 0 Å². The van der Waals surface area contributed by atoms with Crippen LogP contribution in [0.25, 0.3) is 0 Å². The third kappa shape index (κ3) is 3.88. The van der Waals surface area contributed by atoms with Gasteiger partial charge < -0.3 is 9.84 Å². The summed E-state index contributed by atoms with van der Waals surface area (Å²) in [5.41, 5.74) is 0.311. The second-order valence-corrected chi connectivity index (χ2v) is 8.42. The molecule has 0 bridgehead atoms. The van der Waals surface area contributed by atoms with Gasteiger partial charge in [-0.1, -0.05) is 34.1 Å². The molecule has 1 amide bonds. The van der Waals surface area contributed by atoms with E-state index < -0.39 is 21.7 Å². The summed E-state index contributed by atoms with van der Waals surface area (Å²) in [5, 5.41) is 10.1. The highest BCUT2D eigenvalue weighted by molar-refractivity contribution is 9.10. The third-order valence-electron chi connectivity index (χ3n) is 3.95. The van der Waals surface area contributed by atoms with E-state index in [1.807, 2.05) is 0 Å². The minimum absolute atomic E-state index is 0.119. The first-order valence-corrected chi connectivity index (χ1v) is 10.3. The molecule has 0 saturated carbocycles. The van der Waals surface area contributed by atoms with Crippen LogP contribution in [0.15, 0.2) is 82.2 Å². The van der Waals surface area contributed by atoms with E-state index in [0.717, 1.165) is 0 Å². The number of nitrogens with zero attached hydrogens (tertiary/aromatic N) is 1. The molecule has 0 aromatic heterocycles. The molecule has 28 heavy (non-hydrogen) atoms. The van der Waals surface area contributed by atoms with Crippen LogP contribution in [0.1, 0.15) is 10.4 Å². The van der Waals surface area contributed by atoms with E-state index in [1.54, 1.807) is 30.3 Å². The fourth-order valence-corrected chi connectivity index (χ4v) is 4.61. The third-order valence-corrected chi connectivity index (χ3v) is 6.19. The predicted octanol–water partition coefficient (Wildman–Crippen LogP) is 4.20. The lowest BCUT2D eigenvalue weighted by Gasteiger charge is -2.23. The summed E-state index contributed by atoms with van der Waals surface area (Å²) in [5.74, 6) is -0.689. The van der Waals surface area contributed by atoms with Crippen LogP contribution in [0.3, 0.4) is 0 Å². The molecular formula is C20H16BrNO5S.